The van der Waals surface area contributed by atoms with Crippen molar-refractivity contribution in [1.82, 2.24) is 0 Å². The molecule has 2 aromatic rings. The van der Waals surface area contributed by atoms with Crippen molar-refractivity contribution in [1.29, 1.82) is 0 Å². The summed E-state index contributed by atoms with van der Waals surface area (Å²) < 4.78 is 5.76. The first-order valence-corrected chi connectivity index (χ1v) is 5.73. The highest BCUT2D eigenvalue weighted by molar-refractivity contribution is 6.23. The number of alkyl halides is 1. The molecule has 0 N–H and O–H groups in total. The van der Waals surface area contributed by atoms with E-state index in [4.69, 9.17) is 16.3 Å². The van der Waals surface area contributed by atoms with E-state index in [1.807, 2.05) is 36.4 Å². The molecule has 0 radical (unpaired) electrons. The van der Waals surface area contributed by atoms with E-state index in [1.54, 1.807) is 0 Å². The van der Waals surface area contributed by atoms with Gasteiger partial charge < -0.3 is 4.74 Å². The predicted octanol–water partition coefficient (Wildman–Crippen LogP) is 3.91. The number of para-hydroxylation sites is 1. The van der Waals surface area contributed by atoms with E-state index in [-0.39, 0.29) is 5.38 Å². The maximum Gasteiger partial charge on any atom is 0.124 e. The Kier molecular flexibility index (Phi) is 2.33. The first kappa shape index (κ1) is 9.73. The summed E-state index contributed by atoms with van der Waals surface area (Å²) in [6.07, 6.45) is 0. The van der Waals surface area contributed by atoms with Crippen LogP contribution in [0.25, 0.3) is 0 Å². The molecule has 0 saturated carbocycles. The van der Waals surface area contributed by atoms with Gasteiger partial charge in [0, 0.05) is 5.56 Å². The Hall–Kier alpha value is -1.47. The van der Waals surface area contributed by atoms with Gasteiger partial charge in [-0.1, -0.05) is 42.5 Å². The molecule has 0 bridgehead atoms. The molecule has 1 heterocycles. The highest BCUT2D eigenvalue weighted by Gasteiger charge is 2.21. The molecule has 1 aliphatic heterocycles. The molecule has 0 spiro atoms. The van der Waals surface area contributed by atoms with Gasteiger partial charge in [0.25, 0.3) is 0 Å². The fourth-order valence-electron chi connectivity index (χ4n) is 2.06. The quantitative estimate of drug-likeness (QED) is 0.624. The first-order chi connectivity index (χ1) is 7.86. The molecule has 2 heteroatoms. The van der Waals surface area contributed by atoms with Crippen LogP contribution in [0.4, 0.5) is 0 Å². The summed E-state index contributed by atoms with van der Waals surface area (Å²) >= 11 is 6.50. The highest BCUT2D eigenvalue weighted by Crippen LogP contribution is 2.39. The zero-order chi connectivity index (χ0) is 11.0. The number of rotatable bonds is 0. The van der Waals surface area contributed by atoms with Gasteiger partial charge in [-0.05, 0) is 17.2 Å². The number of fused-ring (bicyclic) bond motifs is 2. The van der Waals surface area contributed by atoms with Crippen molar-refractivity contribution in [2.45, 2.75) is 12.0 Å². The molecule has 0 saturated heterocycles. The standard InChI is InChI=1S/C14H11ClO/c15-14-11-6-2-1-5-10(11)9-16-13-8-4-3-7-12(13)14/h1-8,14H,9H2. The third kappa shape index (κ3) is 1.48. The Morgan fingerprint density at radius 1 is 0.938 bits per heavy atom. The Morgan fingerprint density at radius 2 is 1.62 bits per heavy atom. The molecule has 0 fully saturated rings. The monoisotopic (exact) mass is 230 g/mol. The second-order valence-electron chi connectivity index (χ2n) is 3.89. The summed E-state index contributed by atoms with van der Waals surface area (Å²) in [4.78, 5) is 0. The van der Waals surface area contributed by atoms with Gasteiger partial charge in [0.2, 0.25) is 0 Å². The molecule has 16 heavy (non-hydrogen) atoms. The van der Waals surface area contributed by atoms with Crippen molar-refractivity contribution in [3.8, 4) is 5.75 Å². The van der Waals surface area contributed by atoms with Gasteiger partial charge in [0.1, 0.15) is 12.4 Å². The minimum atomic E-state index is -0.116. The minimum Gasteiger partial charge on any atom is -0.489 e. The van der Waals surface area contributed by atoms with Crippen molar-refractivity contribution in [2.75, 3.05) is 0 Å². The van der Waals surface area contributed by atoms with Crippen LogP contribution < -0.4 is 4.74 Å². The van der Waals surface area contributed by atoms with Crippen LogP contribution in [0, 0.1) is 0 Å². The highest BCUT2D eigenvalue weighted by atomic mass is 35.5. The van der Waals surface area contributed by atoms with Crippen LogP contribution in [0.2, 0.25) is 0 Å². The third-order valence-electron chi connectivity index (χ3n) is 2.90. The van der Waals surface area contributed by atoms with Crippen LogP contribution >= 0.6 is 11.6 Å². The number of hydrogen-bond donors (Lipinski definition) is 0. The van der Waals surface area contributed by atoms with Gasteiger partial charge in [-0.2, -0.15) is 0 Å². The summed E-state index contributed by atoms with van der Waals surface area (Å²) in [5.74, 6) is 0.888. The minimum absolute atomic E-state index is 0.116. The van der Waals surface area contributed by atoms with E-state index >= 15 is 0 Å². The molecule has 80 valence electrons. The van der Waals surface area contributed by atoms with E-state index in [0.717, 1.165) is 16.9 Å². The Balaban J connectivity index is 2.18. The molecule has 1 unspecified atom stereocenters. The van der Waals surface area contributed by atoms with Crippen molar-refractivity contribution >= 4 is 11.6 Å². The first-order valence-electron chi connectivity index (χ1n) is 5.30. The van der Waals surface area contributed by atoms with E-state index < -0.39 is 0 Å². The molecular weight excluding hydrogens is 220 g/mol. The lowest BCUT2D eigenvalue weighted by Gasteiger charge is -2.10. The van der Waals surface area contributed by atoms with E-state index in [1.165, 1.54) is 5.56 Å². The zero-order valence-corrected chi connectivity index (χ0v) is 9.45. The molecule has 2 aromatic carbocycles. The second kappa shape index (κ2) is 3.84. The summed E-state index contributed by atoms with van der Waals surface area (Å²) in [6, 6.07) is 16.1. The molecular formula is C14H11ClO. The molecule has 0 aliphatic carbocycles. The average molecular weight is 231 g/mol. The SMILES string of the molecule is ClC1c2ccccc2COc2ccccc21. The average Bonchev–Trinajstić information content (AvgIpc) is 2.49. The van der Waals surface area contributed by atoms with Crippen LogP contribution in [0.15, 0.2) is 48.5 Å². The van der Waals surface area contributed by atoms with Crippen molar-refractivity contribution in [3.05, 3.63) is 65.2 Å². The van der Waals surface area contributed by atoms with Crippen molar-refractivity contribution < 1.29 is 4.74 Å². The fraction of sp³-hybridized carbons (Fsp3) is 0.143. The van der Waals surface area contributed by atoms with Gasteiger partial charge in [0.15, 0.2) is 0 Å². The Morgan fingerprint density at radius 3 is 2.50 bits per heavy atom. The summed E-state index contributed by atoms with van der Waals surface area (Å²) in [7, 11) is 0. The molecule has 0 aromatic heterocycles. The predicted molar refractivity (Wildman–Crippen MR) is 64.9 cm³/mol. The van der Waals surface area contributed by atoms with Gasteiger partial charge in [-0.3, -0.25) is 0 Å². The Bertz CT molecular complexity index is 474. The van der Waals surface area contributed by atoms with E-state index in [0.29, 0.717) is 6.61 Å². The maximum absolute atomic E-state index is 6.50. The molecule has 1 nitrogen and oxygen atoms in total. The third-order valence-corrected chi connectivity index (χ3v) is 3.37. The van der Waals surface area contributed by atoms with Crippen LogP contribution in [0.1, 0.15) is 22.1 Å². The largest absolute Gasteiger partial charge is 0.489 e. The van der Waals surface area contributed by atoms with Gasteiger partial charge in [0.05, 0.1) is 5.38 Å². The second-order valence-corrected chi connectivity index (χ2v) is 4.32. The van der Waals surface area contributed by atoms with E-state index in [2.05, 4.69) is 12.1 Å². The Labute approximate surface area is 99.6 Å². The lowest BCUT2D eigenvalue weighted by Crippen LogP contribution is -1.95. The lowest BCUT2D eigenvalue weighted by molar-refractivity contribution is 0.307. The molecule has 3 rings (SSSR count). The smallest absolute Gasteiger partial charge is 0.124 e. The number of ether oxygens (including phenoxy) is 1. The maximum atomic E-state index is 6.50. The van der Waals surface area contributed by atoms with Gasteiger partial charge in [-0.25, -0.2) is 0 Å². The molecule has 0 amide bonds. The molecule has 1 atom stereocenters. The van der Waals surface area contributed by atoms with Crippen LogP contribution in [-0.4, -0.2) is 0 Å². The zero-order valence-electron chi connectivity index (χ0n) is 8.69. The number of benzene rings is 2. The van der Waals surface area contributed by atoms with Crippen LogP contribution in [0.3, 0.4) is 0 Å². The van der Waals surface area contributed by atoms with Crippen LogP contribution in [-0.2, 0) is 6.61 Å². The lowest BCUT2D eigenvalue weighted by atomic mass is 10.0. The number of halogens is 1. The van der Waals surface area contributed by atoms with Crippen molar-refractivity contribution in [2.24, 2.45) is 0 Å². The summed E-state index contributed by atoms with van der Waals surface area (Å²) in [5, 5.41) is -0.116. The number of hydrogen-bond acceptors (Lipinski definition) is 1. The van der Waals surface area contributed by atoms with Crippen LogP contribution in [0.5, 0.6) is 5.75 Å². The summed E-state index contributed by atoms with van der Waals surface area (Å²) in [5.41, 5.74) is 3.36. The normalized spacial score (nSPS) is 17.9. The summed E-state index contributed by atoms with van der Waals surface area (Å²) in [6.45, 7) is 0.594. The van der Waals surface area contributed by atoms with Gasteiger partial charge >= 0.3 is 0 Å². The van der Waals surface area contributed by atoms with E-state index in [9.17, 15) is 0 Å². The van der Waals surface area contributed by atoms with Crippen molar-refractivity contribution in [3.63, 3.8) is 0 Å². The fourth-order valence-corrected chi connectivity index (χ4v) is 2.45. The molecule has 1 aliphatic rings. The van der Waals surface area contributed by atoms with Gasteiger partial charge in [-0.15, -0.1) is 11.6 Å². The topological polar surface area (TPSA) is 9.23 Å².